The minimum Gasteiger partial charge on any atom is -0.352 e. The number of carbonyl (C=O) groups excluding carboxylic acids is 1. The van der Waals surface area contributed by atoms with Crippen LogP contribution in [0.3, 0.4) is 0 Å². The Morgan fingerprint density at radius 1 is 1.00 bits per heavy atom. The van der Waals surface area contributed by atoms with Crippen LogP contribution in [0, 0.1) is 0 Å². The van der Waals surface area contributed by atoms with Crippen molar-refractivity contribution in [2.24, 2.45) is 0 Å². The molecule has 5 heteroatoms. The molecule has 25 heavy (non-hydrogen) atoms. The molecule has 124 valence electrons. The third-order valence-electron chi connectivity index (χ3n) is 4.08. The molecule has 0 aliphatic rings. The molecular weight excluding hydrogens is 330 g/mol. The van der Waals surface area contributed by atoms with Crippen LogP contribution in [0.4, 0.5) is 0 Å². The summed E-state index contributed by atoms with van der Waals surface area (Å²) in [5.74, 6) is -0.0529. The van der Waals surface area contributed by atoms with E-state index in [4.69, 9.17) is 0 Å². The number of nitrogens with one attached hydrogen (secondary N) is 1. The molecule has 4 rings (SSSR count). The SMILES string of the molecule is O=C(NCCCc1nc2ccccc2s1)c1ccnc2ccccc12. The Hall–Kier alpha value is -2.79. The van der Waals surface area contributed by atoms with Crippen molar-refractivity contribution < 1.29 is 4.79 Å². The maximum atomic E-state index is 12.5. The summed E-state index contributed by atoms with van der Waals surface area (Å²) in [6.07, 6.45) is 3.42. The first-order valence-corrected chi connectivity index (χ1v) is 9.09. The van der Waals surface area contributed by atoms with E-state index in [1.54, 1.807) is 23.6 Å². The van der Waals surface area contributed by atoms with Crippen LogP contribution in [0.5, 0.6) is 0 Å². The lowest BCUT2D eigenvalue weighted by Gasteiger charge is -2.07. The van der Waals surface area contributed by atoms with Crippen LogP contribution in [0.2, 0.25) is 0 Å². The van der Waals surface area contributed by atoms with Gasteiger partial charge >= 0.3 is 0 Å². The Morgan fingerprint density at radius 3 is 2.68 bits per heavy atom. The number of aromatic nitrogens is 2. The summed E-state index contributed by atoms with van der Waals surface area (Å²) < 4.78 is 1.21. The fourth-order valence-corrected chi connectivity index (χ4v) is 3.87. The first-order valence-electron chi connectivity index (χ1n) is 8.28. The molecule has 0 fully saturated rings. The Morgan fingerprint density at radius 2 is 1.80 bits per heavy atom. The first kappa shape index (κ1) is 15.7. The van der Waals surface area contributed by atoms with Gasteiger partial charge in [0.2, 0.25) is 0 Å². The summed E-state index contributed by atoms with van der Waals surface area (Å²) in [7, 11) is 0. The van der Waals surface area contributed by atoms with E-state index in [0.717, 1.165) is 34.3 Å². The molecule has 2 aromatic carbocycles. The highest BCUT2D eigenvalue weighted by Gasteiger charge is 2.10. The van der Waals surface area contributed by atoms with Gasteiger partial charge in [0.15, 0.2) is 0 Å². The molecule has 2 heterocycles. The second-order valence-corrected chi connectivity index (χ2v) is 6.93. The van der Waals surface area contributed by atoms with Crippen LogP contribution >= 0.6 is 11.3 Å². The van der Waals surface area contributed by atoms with Gasteiger partial charge in [-0.25, -0.2) is 4.98 Å². The highest BCUT2D eigenvalue weighted by Crippen LogP contribution is 2.22. The highest BCUT2D eigenvalue weighted by atomic mass is 32.1. The second kappa shape index (κ2) is 6.99. The van der Waals surface area contributed by atoms with E-state index < -0.39 is 0 Å². The van der Waals surface area contributed by atoms with E-state index >= 15 is 0 Å². The van der Waals surface area contributed by atoms with E-state index in [2.05, 4.69) is 21.4 Å². The monoisotopic (exact) mass is 347 g/mol. The van der Waals surface area contributed by atoms with Gasteiger partial charge in [0.25, 0.3) is 5.91 Å². The number of carbonyl (C=O) groups is 1. The summed E-state index contributed by atoms with van der Waals surface area (Å²) in [5, 5.41) is 5.00. The van der Waals surface area contributed by atoms with Gasteiger partial charge in [-0.2, -0.15) is 0 Å². The molecule has 1 amide bonds. The van der Waals surface area contributed by atoms with Gasteiger partial charge < -0.3 is 5.32 Å². The van der Waals surface area contributed by atoms with E-state index in [-0.39, 0.29) is 5.91 Å². The topological polar surface area (TPSA) is 54.9 Å². The van der Waals surface area contributed by atoms with Crippen molar-refractivity contribution >= 4 is 38.4 Å². The first-order chi connectivity index (χ1) is 12.3. The standard InChI is InChI=1S/C20H17N3OS/c24-20(15-11-13-21-16-7-2-1-6-14(15)16)22-12-5-10-19-23-17-8-3-4-9-18(17)25-19/h1-4,6-9,11,13H,5,10,12H2,(H,22,24). The molecule has 0 aliphatic heterocycles. The molecule has 0 radical (unpaired) electrons. The number of hydrogen-bond acceptors (Lipinski definition) is 4. The van der Waals surface area contributed by atoms with Gasteiger partial charge in [0.05, 0.1) is 26.3 Å². The van der Waals surface area contributed by atoms with Crippen molar-refractivity contribution in [3.63, 3.8) is 0 Å². The lowest BCUT2D eigenvalue weighted by molar-refractivity contribution is 0.0955. The van der Waals surface area contributed by atoms with Crippen LogP contribution in [0.1, 0.15) is 21.8 Å². The summed E-state index contributed by atoms with van der Waals surface area (Å²) >= 11 is 1.72. The molecule has 0 saturated carbocycles. The molecule has 0 unspecified atom stereocenters. The van der Waals surface area contributed by atoms with Crippen molar-refractivity contribution in [1.82, 2.24) is 15.3 Å². The Bertz CT molecular complexity index is 1000. The Kier molecular flexibility index (Phi) is 4.39. The van der Waals surface area contributed by atoms with Crippen LogP contribution in [-0.4, -0.2) is 22.4 Å². The zero-order valence-corrected chi connectivity index (χ0v) is 14.4. The predicted molar refractivity (Wildman–Crippen MR) is 102 cm³/mol. The fourth-order valence-electron chi connectivity index (χ4n) is 2.86. The lowest BCUT2D eigenvalue weighted by atomic mass is 10.1. The normalized spacial score (nSPS) is 11.0. The molecule has 2 aromatic heterocycles. The number of hydrogen-bond donors (Lipinski definition) is 1. The number of nitrogens with zero attached hydrogens (tertiary/aromatic N) is 2. The zero-order chi connectivity index (χ0) is 17.1. The van der Waals surface area contributed by atoms with Crippen LogP contribution < -0.4 is 5.32 Å². The molecule has 0 bridgehead atoms. The number of benzene rings is 2. The number of thiazole rings is 1. The summed E-state index contributed by atoms with van der Waals surface area (Å²) in [6, 6.07) is 17.6. The number of amides is 1. The molecule has 0 atom stereocenters. The molecule has 0 saturated heterocycles. The molecular formula is C20H17N3OS. The maximum absolute atomic E-state index is 12.5. The lowest BCUT2D eigenvalue weighted by Crippen LogP contribution is -2.25. The largest absolute Gasteiger partial charge is 0.352 e. The Balaban J connectivity index is 1.37. The Labute approximate surface area is 149 Å². The summed E-state index contributed by atoms with van der Waals surface area (Å²) in [5.41, 5.74) is 2.56. The summed E-state index contributed by atoms with van der Waals surface area (Å²) in [4.78, 5) is 21.4. The molecule has 4 aromatic rings. The quantitative estimate of drug-likeness (QED) is 0.550. The smallest absolute Gasteiger partial charge is 0.252 e. The predicted octanol–water partition coefficient (Wildman–Crippen LogP) is 4.21. The van der Waals surface area contributed by atoms with Crippen LogP contribution in [-0.2, 0) is 6.42 Å². The van der Waals surface area contributed by atoms with E-state index in [1.165, 1.54) is 4.70 Å². The van der Waals surface area contributed by atoms with E-state index in [0.29, 0.717) is 12.1 Å². The number of rotatable bonds is 5. The highest BCUT2D eigenvalue weighted by molar-refractivity contribution is 7.18. The molecule has 0 aliphatic carbocycles. The third-order valence-corrected chi connectivity index (χ3v) is 5.18. The minimum atomic E-state index is -0.0529. The average Bonchev–Trinajstić information content (AvgIpc) is 3.07. The van der Waals surface area contributed by atoms with Gasteiger partial charge in [-0.3, -0.25) is 9.78 Å². The number of aryl methyl sites for hydroxylation is 1. The number of para-hydroxylation sites is 2. The van der Waals surface area contributed by atoms with Crippen molar-refractivity contribution in [3.05, 3.63) is 71.4 Å². The van der Waals surface area contributed by atoms with E-state index in [1.807, 2.05) is 42.5 Å². The van der Waals surface area contributed by atoms with Crippen molar-refractivity contribution in [1.29, 1.82) is 0 Å². The van der Waals surface area contributed by atoms with E-state index in [9.17, 15) is 4.79 Å². The zero-order valence-electron chi connectivity index (χ0n) is 13.6. The minimum absolute atomic E-state index is 0.0529. The number of pyridine rings is 1. The van der Waals surface area contributed by atoms with Crippen molar-refractivity contribution in [2.45, 2.75) is 12.8 Å². The molecule has 0 spiro atoms. The third kappa shape index (κ3) is 3.37. The van der Waals surface area contributed by atoms with Gasteiger partial charge in [-0.05, 0) is 30.7 Å². The average molecular weight is 347 g/mol. The van der Waals surface area contributed by atoms with Crippen molar-refractivity contribution in [3.8, 4) is 0 Å². The van der Waals surface area contributed by atoms with Gasteiger partial charge in [0.1, 0.15) is 0 Å². The van der Waals surface area contributed by atoms with Crippen molar-refractivity contribution in [2.75, 3.05) is 6.54 Å². The van der Waals surface area contributed by atoms with Gasteiger partial charge in [-0.15, -0.1) is 11.3 Å². The molecule has 1 N–H and O–H groups in total. The maximum Gasteiger partial charge on any atom is 0.252 e. The fraction of sp³-hybridized carbons (Fsp3) is 0.150. The number of fused-ring (bicyclic) bond motifs is 2. The van der Waals surface area contributed by atoms with Gasteiger partial charge in [0, 0.05) is 24.5 Å². The second-order valence-electron chi connectivity index (χ2n) is 5.81. The van der Waals surface area contributed by atoms with Gasteiger partial charge in [-0.1, -0.05) is 30.3 Å². The molecule has 4 nitrogen and oxygen atoms in total. The van der Waals surface area contributed by atoms with Crippen LogP contribution in [0.25, 0.3) is 21.1 Å². The summed E-state index contributed by atoms with van der Waals surface area (Å²) in [6.45, 7) is 0.630. The van der Waals surface area contributed by atoms with Crippen LogP contribution in [0.15, 0.2) is 60.8 Å².